The normalized spacial score (nSPS) is 10.5. The fraction of sp³-hybridized carbons (Fsp3) is 0.353. The number of hydrogen-bond acceptors (Lipinski definition) is 6. The van der Waals surface area contributed by atoms with Crippen LogP contribution in [0.5, 0.6) is 5.75 Å². The van der Waals surface area contributed by atoms with Gasteiger partial charge in [-0.15, -0.1) is 0 Å². The van der Waals surface area contributed by atoms with E-state index in [0.717, 1.165) is 18.0 Å². The number of nitrogens with one attached hydrogen (secondary N) is 2. The van der Waals surface area contributed by atoms with E-state index in [-0.39, 0.29) is 5.91 Å². The summed E-state index contributed by atoms with van der Waals surface area (Å²) in [6, 6.07) is 7.52. The molecule has 0 aliphatic carbocycles. The van der Waals surface area contributed by atoms with Gasteiger partial charge in [-0.25, -0.2) is 9.97 Å². The van der Waals surface area contributed by atoms with Gasteiger partial charge in [0, 0.05) is 31.2 Å². The third-order valence-corrected chi connectivity index (χ3v) is 3.18. The van der Waals surface area contributed by atoms with Crippen LogP contribution >= 0.6 is 0 Å². The number of rotatable bonds is 8. The first-order valence-electron chi connectivity index (χ1n) is 7.83. The van der Waals surface area contributed by atoms with Crippen molar-refractivity contribution in [3.8, 4) is 5.75 Å². The Balaban J connectivity index is 1.90. The van der Waals surface area contributed by atoms with Gasteiger partial charge >= 0.3 is 0 Å². The van der Waals surface area contributed by atoms with Gasteiger partial charge in [-0.2, -0.15) is 0 Å². The van der Waals surface area contributed by atoms with Crippen LogP contribution in [-0.2, 0) is 0 Å². The molecule has 1 amide bonds. The summed E-state index contributed by atoms with van der Waals surface area (Å²) in [7, 11) is 3.91. The lowest BCUT2D eigenvalue weighted by molar-refractivity contribution is 0.0950. The summed E-state index contributed by atoms with van der Waals surface area (Å²) in [6.07, 6.45) is 3.02. The van der Waals surface area contributed by atoms with Crippen LogP contribution in [0.4, 0.5) is 11.6 Å². The molecule has 0 unspecified atom stereocenters. The van der Waals surface area contributed by atoms with Gasteiger partial charge in [0.25, 0.3) is 5.91 Å². The van der Waals surface area contributed by atoms with Crippen LogP contribution in [0.15, 0.2) is 36.7 Å². The van der Waals surface area contributed by atoms with Gasteiger partial charge in [0.2, 0.25) is 5.95 Å². The molecule has 24 heavy (non-hydrogen) atoms. The Morgan fingerprint density at radius 2 is 1.83 bits per heavy atom. The molecule has 0 spiro atoms. The van der Waals surface area contributed by atoms with Crippen molar-refractivity contribution in [2.45, 2.75) is 6.92 Å². The smallest absolute Gasteiger partial charge is 0.254 e. The maximum Gasteiger partial charge on any atom is 0.254 e. The number of aromatic nitrogens is 2. The minimum absolute atomic E-state index is 0.176. The van der Waals surface area contributed by atoms with E-state index in [2.05, 4.69) is 20.6 Å². The second-order valence-corrected chi connectivity index (χ2v) is 5.44. The lowest BCUT2D eigenvalue weighted by Gasteiger charge is -2.10. The van der Waals surface area contributed by atoms with Crippen LogP contribution in [0.3, 0.4) is 0 Å². The second kappa shape index (κ2) is 8.83. The lowest BCUT2D eigenvalue weighted by atomic mass is 10.3. The topological polar surface area (TPSA) is 79.4 Å². The van der Waals surface area contributed by atoms with Crippen molar-refractivity contribution in [1.29, 1.82) is 0 Å². The predicted octanol–water partition coefficient (Wildman–Crippen LogP) is 1.91. The van der Waals surface area contributed by atoms with Gasteiger partial charge in [0.15, 0.2) is 0 Å². The first-order valence-corrected chi connectivity index (χ1v) is 7.83. The molecule has 1 aromatic carbocycles. The molecule has 2 N–H and O–H groups in total. The number of carbonyl (C=O) groups is 1. The highest BCUT2D eigenvalue weighted by Gasteiger charge is 2.07. The van der Waals surface area contributed by atoms with E-state index in [9.17, 15) is 4.79 Å². The number of carbonyl (C=O) groups excluding carboxylic acids is 1. The Morgan fingerprint density at radius 1 is 1.17 bits per heavy atom. The van der Waals surface area contributed by atoms with Crippen molar-refractivity contribution in [2.75, 3.05) is 39.1 Å². The van der Waals surface area contributed by atoms with E-state index >= 15 is 0 Å². The monoisotopic (exact) mass is 329 g/mol. The highest BCUT2D eigenvalue weighted by molar-refractivity contribution is 5.93. The largest absolute Gasteiger partial charge is 0.494 e. The Bertz CT molecular complexity index is 641. The number of likely N-dealkylation sites (N-methyl/N-ethyl adjacent to an activating group) is 1. The van der Waals surface area contributed by atoms with E-state index in [1.165, 1.54) is 12.4 Å². The number of benzene rings is 1. The number of ether oxygens (including phenoxy) is 1. The summed E-state index contributed by atoms with van der Waals surface area (Å²) in [5.74, 6) is 1.07. The molecule has 0 aliphatic heterocycles. The third-order valence-electron chi connectivity index (χ3n) is 3.18. The Labute approximate surface area is 142 Å². The molecule has 1 heterocycles. The highest BCUT2D eigenvalue weighted by atomic mass is 16.5. The average molecular weight is 329 g/mol. The molecule has 0 atom stereocenters. The summed E-state index contributed by atoms with van der Waals surface area (Å²) < 4.78 is 5.39. The van der Waals surface area contributed by atoms with Gasteiger partial charge in [0.05, 0.1) is 12.2 Å². The molecule has 2 aromatic rings. The van der Waals surface area contributed by atoms with Crippen LogP contribution in [-0.4, -0.2) is 54.6 Å². The van der Waals surface area contributed by atoms with Crippen molar-refractivity contribution in [3.63, 3.8) is 0 Å². The summed E-state index contributed by atoms with van der Waals surface area (Å²) in [4.78, 5) is 22.3. The average Bonchev–Trinajstić information content (AvgIpc) is 2.57. The summed E-state index contributed by atoms with van der Waals surface area (Å²) >= 11 is 0. The highest BCUT2D eigenvalue weighted by Crippen LogP contribution is 2.18. The van der Waals surface area contributed by atoms with Crippen LogP contribution in [0.25, 0.3) is 0 Å². The maximum atomic E-state index is 12.0. The van der Waals surface area contributed by atoms with E-state index in [1.54, 1.807) is 0 Å². The Kier molecular flexibility index (Phi) is 6.51. The van der Waals surface area contributed by atoms with Gasteiger partial charge in [-0.3, -0.25) is 4.79 Å². The molecule has 128 valence electrons. The lowest BCUT2D eigenvalue weighted by Crippen LogP contribution is -2.31. The van der Waals surface area contributed by atoms with Crippen molar-refractivity contribution in [2.24, 2.45) is 0 Å². The fourth-order valence-corrected chi connectivity index (χ4v) is 1.94. The Morgan fingerprint density at radius 3 is 2.42 bits per heavy atom. The first-order chi connectivity index (χ1) is 11.6. The molecule has 7 heteroatoms. The van der Waals surface area contributed by atoms with Gasteiger partial charge in [0.1, 0.15) is 5.75 Å². The molecule has 0 fully saturated rings. The molecular formula is C17H23N5O2. The summed E-state index contributed by atoms with van der Waals surface area (Å²) in [5.41, 5.74) is 1.28. The molecule has 0 bridgehead atoms. The number of amides is 1. The first kappa shape index (κ1) is 17.7. The van der Waals surface area contributed by atoms with Crippen molar-refractivity contribution >= 4 is 17.5 Å². The molecule has 0 aliphatic rings. The van der Waals surface area contributed by atoms with Crippen molar-refractivity contribution < 1.29 is 9.53 Å². The standard InChI is InChI=1S/C17H23N5O2/c1-4-24-15-7-5-14(6-8-15)21-17-19-11-13(12-20-17)16(23)18-9-10-22(2)3/h5-8,11-12H,4,9-10H2,1-3H3,(H,18,23)(H,19,20,21). The van der Waals surface area contributed by atoms with Crippen molar-refractivity contribution in [3.05, 3.63) is 42.2 Å². The maximum absolute atomic E-state index is 12.0. The zero-order valence-corrected chi connectivity index (χ0v) is 14.2. The molecule has 1 aromatic heterocycles. The number of nitrogens with zero attached hydrogens (tertiary/aromatic N) is 3. The van der Waals surface area contributed by atoms with E-state index < -0.39 is 0 Å². The molecule has 7 nitrogen and oxygen atoms in total. The zero-order chi connectivity index (χ0) is 17.4. The SMILES string of the molecule is CCOc1ccc(Nc2ncc(C(=O)NCCN(C)C)cn2)cc1. The zero-order valence-electron chi connectivity index (χ0n) is 14.2. The molecular weight excluding hydrogens is 306 g/mol. The van der Waals surface area contributed by atoms with E-state index in [1.807, 2.05) is 50.2 Å². The second-order valence-electron chi connectivity index (χ2n) is 5.44. The summed E-state index contributed by atoms with van der Waals surface area (Å²) in [6.45, 7) is 3.94. The molecule has 2 rings (SSSR count). The quantitative estimate of drug-likeness (QED) is 0.770. The number of anilines is 2. The van der Waals surface area contributed by atoms with E-state index in [4.69, 9.17) is 4.74 Å². The number of hydrogen-bond donors (Lipinski definition) is 2. The van der Waals surface area contributed by atoms with Crippen LogP contribution in [0.1, 0.15) is 17.3 Å². The molecule has 0 saturated carbocycles. The predicted molar refractivity (Wildman–Crippen MR) is 93.8 cm³/mol. The van der Waals surface area contributed by atoms with Crippen LogP contribution in [0.2, 0.25) is 0 Å². The minimum atomic E-state index is -0.176. The van der Waals surface area contributed by atoms with Gasteiger partial charge in [-0.05, 0) is 45.3 Å². The third kappa shape index (κ3) is 5.51. The fourth-order valence-electron chi connectivity index (χ4n) is 1.94. The Hall–Kier alpha value is -2.67. The van der Waals surface area contributed by atoms with Gasteiger partial charge < -0.3 is 20.3 Å². The van der Waals surface area contributed by atoms with Crippen LogP contribution in [0, 0.1) is 0 Å². The van der Waals surface area contributed by atoms with Gasteiger partial charge in [-0.1, -0.05) is 0 Å². The van der Waals surface area contributed by atoms with Crippen molar-refractivity contribution in [1.82, 2.24) is 20.2 Å². The summed E-state index contributed by atoms with van der Waals surface area (Å²) in [5, 5.41) is 5.90. The van der Waals surface area contributed by atoms with E-state index in [0.29, 0.717) is 24.7 Å². The molecule has 0 radical (unpaired) electrons. The van der Waals surface area contributed by atoms with Crippen LogP contribution < -0.4 is 15.4 Å². The molecule has 0 saturated heterocycles. The minimum Gasteiger partial charge on any atom is -0.494 e.